The normalized spacial score (nSPS) is 12.0. The standard InChI is InChI=1S/C10H16N2O4S/c1-7-2-8(11)4-10(3-7)17(15,16)12-9(5-13)6-14/h2-4,9,12-14H,5-6,11H2,1H3. The molecule has 0 amide bonds. The molecule has 0 unspecified atom stereocenters. The third-order valence-electron chi connectivity index (χ3n) is 2.15. The van der Waals surface area contributed by atoms with E-state index >= 15 is 0 Å². The van der Waals surface area contributed by atoms with Crippen molar-refractivity contribution in [3.8, 4) is 0 Å². The van der Waals surface area contributed by atoms with Gasteiger partial charge in [0.15, 0.2) is 0 Å². The molecular weight excluding hydrogens is 244 g/mol. The first-order chi connectivity index (χ1) is 7.89. The maximum atomic E-state index is 11.9. The Hall–Kier alpha value is -1.15. The Bertz CT molecular complexity index is 463. The number of sulfonamides is 1. The number of aliphatic hydroxyl groups excluding tert-OH is 2. The maximum absolute atomic E-state index is 11.9. The van der Waals surface area contributed by atoms with Crippen molar-refractivity contribution in [3.63, 3.8) is 0 Å². The fourth-order valence-electron chi connectivity index (χ4n) is 1.35. The van der Waals surface area contributed by atoms with E-state index in [2.05, 4.69) is 4.72 Å². The monoisotopic (exact) mass is 260 g/mol. The molecule has 0 aromatic heterocycles. The third-order valence-corrected chi connectivity index (χ3v) is 3.65. The molecule has 0 heterocycles. The zero-order valence-electron chi connectivity index (χ0n) is 9.42. The second-order valence-corrected chi connectivity index (χ2v) is 5.48. The topological polar surface area (TPSA) is 113 Å². The zero-order chi connectivity index (χ0) is 13.1. The van der Waals surface area contributed by atoms with Gasteiger partial charge >= 0.3 is 0 Å². The highest BCUT2D eigenvalue weighted by Crippen LogP contribution is 2.16. The van der Waals surface area contributed by atoms with Crippen molar-refractivity contribution >= 4 is 15.7 Å². The number of benzene rings is 1. The van der Waals surface area contributed by atoms with Crippen LogP contribution in [-0.4, -0.2) is 37.9 Å². The summed E-state index contributed by atoms with van der Waals surface area (Å²) in [5, 5.41) is 17.7. The van der Waals surface area contributed by atoms with Crippen molar-refractivity contribution < 1.29 is 18.6 Å². The molecular formula is C10H16N2O4S. The van der Waals surface area contributed by atoms with Gasteiger partial charge in [0.05, 0.1) is 24.2 Å². The average molecular weight is 260 g/mol. The van der Waals surface area contributed by atoms with Gasteiger partial charge in [-0.15, -0.1) is 0 Å². The molecule has 0 atom stereocenters. The van der Waals surface area contributed by atoms with E-state index in [1.54, 1.807) is 13.0 Å². The molecule has 1 aromatic rings. The Morgan fingerprint density at radius 1 is 1.29 bits per heavy atom. The first kappa shape index (κ1) is 13.9. The van der Waals surface area contributed by atoms with Crippen molar-refractivity contribution in [1.29, 1.82) is 0 Å². The molecule has 17 heavy (non-hydrogen) atoms. The van der Waals surface area contributed by atoms with Crippen molar-refractivity contribution in [2.24, 2.45) is 0 Å². The molecule has 5 N–H and O–H groups in total. The number of nitrogens with two attached hydrogens (primary N) is 1. The summed E-state index contributed by atoms with van der Waals surface area (Å²) < 4.78 is 25.9. The van der Waals surface area contributed by atoms with E-state index in [9.17, 15) is 8.42 Å². The van der Waals surface area contributed by atoms with Crippen LogP contribution in [0.3, 0.4) is 0 Å². The number of nitrogen functional groups attached to an aromatic ring is 1. The van der Waals surface area contributed by atoms with Crippen molar-refractivity contribution in [2.45, 2.75) is 17.9 Å². The lowest BCUT2D eigenvalue weighted by molar-refractivity contribution is 0.185. The first-order valence-electron chi connectivity index (χ1n) is 5.00. The van der Waals surface area contributed by atoms with Gasteiger partial charge in [-0.1, -0.05) is 0 Å². The van der Waals surface area contributed by atoms with Gasteiger partial charge in [-0.25, -0.2) is 13.1 Å². The van der Waals surface area contributed by atoms with Crippen LogP contribution in [0.25, 0.3) is 0 Å². The van der Waals surface area contributed by atoms with Crippen molar-refractivity contribution in [3.05, 3.63) is 23.8 Å². The van der Waals surface area contributed by atoms with Crippen LogP contribution < -0.4 is 10.5 Å². The van der Waals surface area contributed by atoms with E-state index < -0.39 is 29.3 Å². The lowest BCUT2D eigenvalue weighted by Gasteiger charge is -2.14. The van der Waals surface area contributed by atoms with E-state index in [-0.39, 0.29) is 4.90 Å². The quantitative estimate of drug-likeness (QED) is 0.518. The van der Waals surface area contributed by atoms with Gasteiger partial charge < -0.3 is 15.9 Å². The van der Waals surface area contributed by atoms with Crippen LogP contribution in [0.5, 0.6) is 0 Å². The summed E-state index contributed by atoms with van der Waals surface area (Å²) in [7, 11) is -3.78. The van der Waals surface area contributed by atoms with Gasteiger partial charge in [-0.2, -0.15) is 0 Å². The fraction of sp³-hybridized carbons (Fsp3) is 0.400. The highest BCUT2D eigenvalue weighted by Gasteiger charge is 2.19. The highest BCUT2D eigenvalue weighted by atomic mass is 32.2. The summed E-state index contributed by atoms with van der Waals surface area (Å²) in [4.78, 5) is 0.0156. The fourth-order valence-corrected chi connectivity index (χ4v) is 2.71. The van der Waals surface area contributed by atoms with Crippen molar-refractivity contribution in [1.82, 2.24) is 4.72 Å². The molecule has 0 saturated carbocycles. The Balaban J connectivity index is 3.04. The zero-order valence-corrected chi connectivity index (χ0v) is 10.2. The van der Waals surface area contributed by atoms with Crippen LogP contribution in [0, 0.1) is 6.92 Å². The first-order valence-corrected chi connectivity index (χ1v) is 6.48. The summed E-state index contributed by atoms with van der Waals surface area (Å²) in [6.07, 6.45) is 0. The van der Waals surface area contributed by atoms with Crippen LogP contribution in [0.15, 0.2) is 23.1 Å². The van der Waals surface area contributed by atoms with E-state index in [1.807, 2.05) is 0 Å². The minimum absolute atomic E-state index is 0.0156. The van der Waals surface area contributed by atoms with E-state index in [4.69, 9.17) is 15.9 Å². The SMILES string of the molecule is Cc1cc(N)cc(S(=O)(=O)NC(CO)CO)c1. The molecule has 96 valence electrons. The molecule has 0 spiro atoms. The van der Waals surface area contributed by atoms with Gasteiger partial charge in [-0.3, -0.25) is 0 Å². The molecule has 0 radical (unpaired) electrons. The Morgan fingerprint density at radius 3 is 2.35 bits per heavy atom. The smallest absolute Gasteiger partial charge is 0.241 e. The van der Waals surface area contributed by atoms with Gasteiger partial charge in [0.25, 0.3) is 0 Å². The molecule has 0 fully saturated rings. The number of hydrogen-bond donors (Lipinski definition) is 4. The summed E-state index contributed by atoms with van der Waals surface area (Å²) in [5.41, 5.74) is 6.62. The van der Waals surface area contributed by atoms with Crippen LogP contribution in [0.2, 0.25) is 0 Å². The number of aryl methyl sites for hydroxylation is 1. The summed E-state index contributed by atoms with van der Waals surface area (Å²) >= 11 is 0. The van der Waals surface area contributed by atoms with Crippen LogP contribution >= 0.6 is 0 Å². The molecule has 0 aliphatic rings. The average Bonchev–Trinajstić information content (AvgIpc) is 2.24. The van der Waals surface area contributed by atoms with Gasteiger partial charge in [-0.05, 0) is 30.7 Å². The second kappa shape index (κ2) is 5.46. The number of hydrogen-bond acceptors (Lipinski definition) is 5. The summed E-state index contributed by atoms with van der Waals surface area (Å²) in [5.74, 6) is 0. The highest BCUT2D eigenvalue weighted by molar-refractivity contribution is 7.89. The maximum Gasteiger partial charge on any atom is 0.241 e. The number of aliphatic hydroxyl groups is 2. The molecule has 0 saturated heterocycles. The van der Waals surface area contributed by atoms with Crippen molar-refractivity contribution in [2.75, 3.05) is 18.9 Å². The molecule has 0 bridgehead atoms. The van der Waals surface area contributed by atoms with Gasteiger partial charge in [0.1, 0.15) is 0 Å². The molecule has 1 aromatic carbocycles. The van der Waals surface area contributed by atoms with Gasteiger partial charge in [0.2, 0.25) is 10.0 Å². The second-order valence-electron chi connectivity index (χ2n) is 3.76. The Kier molecular flexibility index (Phi) is 4.47. The predicted octanol–water partition coefficient (Wildman–Crippen LogP) is -0.791. The lowest BCUT2D eigenvalue weighted by atomic mass is 10.2. The molecule has 0 aliphatic carbocycles. The Morgan fingerprint density at radius 2 is 1.88 bits per heavy atom. The number of anilines is 1. The minimum atomic E-state index is -3.78. The summed E-state index contributed by atoms with van der Waals surface area (Å²) in [6, 6.07) is 3.52. The third kappa shape index (κ3) is 3.67. The van der Waals surface area contributed by atoms with Crippen LogP contribution in [0.4, 0.5) is 5.69 Å². The van der Waals surface area contributed by atoms with E-state index in [0.29, 0.717) is 5.69 Å². The minimum Gasteiger partial charge on any atom is -0.399 e. The number of rotatable bonds is 5. The van der Waals surface area contributed by atoms with E-state index in [0.717, 1.165) is 5.56 Å². The summed E-state index contributed by atoms with van der Waals surface area (Å²) in [6.45, 7) is 0.777. The largest absolute Gasteiger partial charge is 0.399 e. The molecule has 1 rings (SSSR count). The lowest BCUT2D eigenvalue weighted by Crippen LogP contribution is -2.40. The predicted molar refractivity (Wildman–Crippen MR) is 63.9 cm³/mol. The molecule has 0 aliphatic heterocycles. The van der Waals surface area contributed by atoms with Crippen LogP contribution in [-0.2, 0) is 10.0 Å². The molecule has 6 nitrogen and oxygen atoms in total. The Labute approximate surface area is 100 Å². The number of nitrogens with one attached hydrogen (secondary N) is 1. The van der Waals surface area contributed by atoms with Crippen LogP contribution in [0.1, 0.15) is 5.56 Å². The molecule has 7 heteroatoms. The van der Waals surface area contributed by atoms with E-state index in [1.165, 1.54) is 12.1 Å². The van der Waals surface area contributed by atoms with Gasteiger partial charge in [0, 0.05) is 5.69 Å².